The van der Waals surface area contributed by atoms with Crippen LogP contribution in [0, 0.1) is 11.3 Å². The van der Waals surface area contributed by atoms with Gasteiger partial charge in [-0.2, -0.15) is 0 Å². The van der Waals surface area contributed by atoms with E-state index in [-0.39, 0.29) is 17.4 Å². The highest BCUT2D eigenvalue weighted by molar-refractivity contribution is 5.79. The van der Waals surface area contributed by atoms with Crippen molar-refractivity contribution in [1.29, 1.82) is 0 Å². The zero-order valence-corrected chi connectivity index (χ0v) is 16.6. The Morgan fingerprint density at radius 2 is 1.85 bits per heavy atom. The number of benzene rings is 1. The number of fused-ring (bicyclic) bond motifs is 1. The van der Waals surface area contributed by atoms with Gasteiger partial charge < -0.3 is 14.7 Å². The average Bonchev–Trinajstić information content (AvgIpc) is 2.80. The molecule has 0 radical (unpaired) electrons. The molecule has 4 nitrogen and oxygen atoms in total. The fourth-order valence-corrected chi connectivity index (χ4v) is 4.58. The third-order valence-electron chi connectivity index (χ3n) is 6.24. The van der Waals surface area contributed by atoms with E-state index in [1.807, 2.05) is 12.1 Å². The molecule has 3 rings (SSSR count). The van der Waals surface area contributed by atoms with Crippen molar-refractivity contribution in [3.8, 4) is 5.75 Å². The monoisotopic (exact) mass is 359 g/mol. The molecule has 26 heavy (non-hydrogen) atoms. The van der Waals surface area contributed by atoms with Crippen LogP contribution in [0.3, 0.4) is 0 Å². The van der Waals surface area contributed by atoms with Crippen molar-refractivity contribution >= 4 is 5.91 Å². The first-order valence-corrected chi connectivity index (χ1v) is 9.93. The van der Waals surface area contributed by atoms with Crippen molar-refractivity contribution in [3.63, 3.8) is 0 Å². The van der Waals surface area contributed by atoms with Crippen LogP contribution in [0.15, 0.2) is 18.2 Å². The SMILES string of the molecule is COC1CCC(C(=O)N2CCc3ccc(O)cc3CC2C(C)(C)C)CC1. The number of ether oxygens (including phenoxy) is 1. The van der Waals surface area contributed by atoms with Gasteiger partial charge in [0, 0.05) is 25.6 Å². The number of hydrogen-bond acceptors (Lipinski definition) is 3. The Morgan fingerprint density at radius 3 is 2.46 bits per heavy atom. The maximum absolute atomic E-state index is 13.4. The summed E-state index contributed by atoms with van der Waals surface area (Å²) in [5, 5.41) is 9.90. The van der Waals surface area contributed by atoms with Crippen molar-refractivity contribution in [2.75, 3.05) is 13.7 Å². The second kappa shape index (κ2) is 7.59. The molecule has 1 aromatic rings. The van der Waals surface area contributed by atoms with E-state index in [1.165, 1.54) is 11.1 Å². The second-order valence-electron chi connectivity index (χ2n) is 9.03. The number of nitrogens with zero attached hydrogens (tertiary/aromatic N) is 1. The van der Waals surface area contributed by atoms with E-state index in [4.69, 9.17) is 4.74 Å². The molecule has 1 heterocycles. The molecule has 0 saturated heterocycles. The van der Waals surface area contributed by atoms with Gasteiger partial charge in [0.25, 0.3) is 0 Å². The van der Waals surface area contributed by atoms with Crippen LogP contribution < -0.4 is 0 Å². The van der Waals surface area contributed by atoms with Crippen molar-refractivity contribution in [1.82, 2.24) is 4.90 Å². The molecule has 1 aliphatic heterocycles. The number of hydrogen-bond donors (Lipinski definition) is 1. The standard InChI is InChI=1S/C22H33NO3/c1-22(2,3)20-14-17-13-18(24)8-5-15(17)11-12-23(20)21(25)16-6-9-19(26-4)10-7-16/h5,8,13,16,19-20,24H,6-7,9-12,14H2,1-4H3. The van der Waals surface area contributed by atoms with E-state index in [0.29, 0.717) is 17.8 Å². The summed E-state index contributed by atoms with van der Waals surface area (Å²) >= 11 is 0. The number of rotatable bonds is 2. The molecule has 1 saturated carbocycles. The highest BCUT2D eigenvalue weighted by atomic mass is 16.5. The van der Waals surface area contributed by atoms with Gasteiger partial charge in [0.2, 0.25) is 5.91 Å². The molecule has 2 aliphatic rings. The Bertz CT molecular complexity index is 641. The van der Waals surface area contributed by atoms with Crippen LogP contribution in [-0.2, 0) is 22.4 Å². The van der Waals surface area contributed by atoms with Gasteiger partial charge in [-0.15, -0.1) is 0 Å². The smallest absolute Gasteiger partial charge is 0.225 e. The van der Waals surface area contributed by atoms with E-state index in [0.717, 1.165) is 45.1 Å². The van der Waals surface area contributed by atoms with E-state index in [2.05, 4.69) is 25.7 Å². The lowest BCUT2D eigenvalue weighted by atomic mass is 9.80. The maximum atomic E-state index is 13.4. The Hall–Kier alpha value is -1.55. The Balaban J connectivity index is 1.82. The van der Waals surface area contributed by atoms with Crippen molar-refractivity contribution < 1.29 is 14.6 Å². The zero-order valence-electron chi connectivity index (χ0n) is 16.6. The quantitative estimate of drug-likeness (QED) is 0.870. The zero-order chi connectivity index (χ0) is 18.9. The lowest BCUT2D eigenvalue weighted by molar-refractivity contribution is -0.142. The molecule has 1 amide bonds. The number of carbonyl (C=O) groups excluding carboxylic acids is 1. The second-order valence-corrected chi connectivity index (χ2v) is 9.03. The molecule has 4 heteroatoms. The van der Waals surface area contributed by atoms with Gasteiger partial charge in [-0.3, -0.25) is 4.79 Å². The minimum atomic E-state index is -0.00748. The molecular formula is C22H33NO3. The number of phenolic OH excluding ortho intramolecular Hbond substituents is 1. The third kappa shape index (κ3) is 4.06. The molecule has 1 aliphatic carbocycles. The van der Waals surface area contributed by atoms with Gasteiger partial charge >= 0.3 is 0 Å². The van der Waals surface area contributed by atoms with Gasteiger partial charge in [0.15, 0.2) is 0 Å². The van der Waals surface area contributed by atoms with Crippen LogP contribution >= 0.6 is 0 Å². The van der Waals surface area contributed by atoms with Gasteiger partial charge in [0.05, 0.1) is 6.10 Å². The first-order chi connectivity index (χ1) is 12.3. The molecular weight excluding hydrogens is 326 g/mol. The van der Waals surface area contributed by atoms with E-state index in [1.54, 1.807) is 13.2 Å². The number of carbonyl (C=O) groups is 1. The Morgan fingerprint density at radius 1 is 1.15 bits per heavy atom. The Kier molecular flexibility index (Phi) is 5.61. The molecule has 1 atom stereocenters. The fourth-order valence-electron chi connectivity index (χ4n) is 4.58. The topological polar surface area (TPSA) is 49.8 Å². The van der Waals surface area contributed by atoms with E-state index >= 15 is 0 Å². The molecule has 1 unspecified atom stereocenters. The van der Waals surface area contributed by atoms with Gasteiger partial charge in [0.1, 0.15) is 5.75 Å². The summed E-state index contributed by atoms with van der Waals surface area (Å²) in [7, 11) is 1.77. The first kappa shape index (κ1) is 19.2. The van der Waals surface area contributed by atoms with Crippen LogP contribution in [0.4, 0.5) is 0 Å². The van der Waals surface area contributed by atoms with Crippen LogP contribution in [0.2, 0.25) is 0 Å². The summed E-state index contributed by atoms with van der Waals surface area (Å²) in [5.74, 6) is 0.756. The molecule has 0 aromatic heterocycles. The number of phenols is 1. The summed E-state index contributed by atoms with van der Waals surface area (Å²) < 4.78 is 5.46. The van der Waals surface area contributed by atoms with Crippen LogP contribution in [0.1, 0.15) is 57.6 Å². The van der Waals surface area contributed by atoms with Crippen LogP contribution in [-0.4, -0.2) is 41.7 Å². The Labute approximate surface area is 157 Å². The predicted octanol–water partition coefficient (Wildman–Crippen LogP) is 3.94. The fraction of sp³-hybridized carbons (Fsp3) is 0.682. The van der Waals surface area contributed by atoms with Crippen LogP contribution in [0.25, 0.3) is 0 Å². The normalized spacial score (nSPS) is 26.9. The summed E-state index contributed by atoms with van der Waals surface area (Å²) in [6.45, 7) is 7.41. The van der Waals surface area contributed by atoms with E-state index < -0.39 is 0 Å². The first-order valence-electron chi connectivity index (χ1n) is 9.93. The minimum Gasteiger partial charge on any atom is -0.508 e. The third-order valence-corrected chi connectivity index (χ3v) is 6.24. The van der Waals surface area contributed by atoms with Gasteiger partial charge in [-0.05, 0) is 67.2 Å². The van der Waals surface area contributed by atoms with Crippen LogP contribution in [0.5, 0.6) is 5.75 Å². The summed E-state index contributed by atoms with van der Waals surface area (Å²) in [6.07, 6.45) is 5.81. The molecule has 1 aromatic carbocycles. The highest BCUT2D eigenvalue weighted by Gasteiger charge is 2.39. The number of amides is 1. The molecule has 1 fully saturated rings. The summed E-state index contributed by atoms with van der Waals surface area (Å²) in [5.41, 5.74) is 2.44. The van der Waals surface area contributed by atoms with Gasteiger partial charge in [-0.1, -0.05) is 26.8 Å². The van der Waals surface area contributed by atoms with Crippen molar-refractivity contribution in [2.45, 2.75) is 71.4 Å². The minimum absolute atomic E-state index is 0.00748. The molecule has 1 N–H and O–H groups in total. The predicted molar refractivity (Wildman–Crippen MR) is 103 cm³/mol. The van der Waals surface area contributed by atoms with E-state index in [9.17, 15) is 9.90 Å². The number of aromatic hydroxyl groups is 1. The number of methoxy groups -OCH3 is 1. The average molecular weight is 360 g/mol. The van der Waals surface area contributed by atoms with Crippen molar-refractivity contribution in [3.05, 3.63) is 29.3 Å². The lowest BCUT2D eigenvalue weighted by Gasteiger charge is -2.41. The van der Waals surface area contributed by atoms with Crippen molar-refractivity contribution in [2.24, 2.45) is 11.3 Å². The summed E-state index contributed by atoms with van der Waals surface area (Å²) in [6, 6.07) is 5.81. The maximum Gasteiger partial charge on any atom is 0.225 e. The molecule has 0 spiro atoms. The highest BCUT2D eigenvalue weighted by Crippen LogP contribution is 2.35. The summed E-state index contributed by atoms with van der Waals surface area (Å²) in [4.78, 5) is 15.6. The molecule has 144 valence electrons. The van der Waals surface area contributed by atoms with Gasteiger partial charge in [-0.25, -0.2) is 0 Å². The molecule has 0 bridgehead atoms. The lowest BCUT2D eigenvalue weighted by Crippen LogP contribution is -2.51. The largest absolute Gasteiger partial charge is 0.508 e.